The summed E-state index contributed by atoms with van der Waals surface area (Å²) in [6.07, 6.45) is 12.7. The van der Waals surface area contributed by atoms with Gasteiger partial charge in [-0.15, -0.1) is 0 Å². The zero-order valence-corrected chi connectivity index (χ0v) is 41.7. The van der Waals surface area contributed by atoms with Gasteiger partial charge in [-0.1, -0.05) is 77.4 Å². The number of ether oxygens (including phenoxy) is 4. The number of hydrogen-bond donors (Lipinski definition) is 0. The molecule has 0 unspecified atom stereocenters. The number of hydrogen-bond acceptors (Lipinski definition) is 9. The number of piperidine rings is 1. The molecule has 0 atom stereocenters. The molecule has 0 radical (unpaired) electrons. The zero-order valence-electron chi connectivity index (χ0n) is 39.7. The van der Waals surface area contributed by atoms with Gasteiger partial charge in [-0.2, -0.15) is 0 Å². The monoisotopic (exact) mass is 880 g/mol. The van der Waals surface area contributed by atoms with Crippen molar-refractivity contribution >= 4 is 22.1 Å². The third-order valence-corrected chi connectivity index (χ3v) is 16.0. The van der Waals surface area contributed by atoms with Gasteiger partial charge >= 0.3 is 0 Å². The maximum Gasteiger partial charge on any atom is 0.219 e. The van der Waals surface area contributed by atoms with Crippen molar-refractivity contribution in [2.45, 2.75) is 131 Å². The number of amides is 1. The predicted octanol–water partition coefficient (Wildman–Crippen LogP) is 8.09. The SMILES string of the molecule is COCOCC(Cc1nccn1COCC[Si](C)(C)C)(Cc1nccn1COCC[Si](C)(C)C)CN(Cc1ccc(CN2CCC3(CCN(CC(C)C)CC3)C2)cc1)C(C)=O. The van der Waals surface area contributed by atoms with Gasteiger partial charge in [0.15, 0.2) is 0 Å². The van der Waals surface area contributed by atoms with Crippen LogP contribution in [0.4, 0.5) is 0 Å². The average molecular weight is 880 g/mol. The molecule has 1 spiro atoms. The third kappa shape index (κ3) is 16.4. The number of imidazole rings is 2. The van der Waals surface area contributed by atoms with Crippen molar-refractivity contribution in [2.24, 2.45) is 16.7 Å². The number of methoxy groups -OCH3 is 1. The zero-order chi connectivity index (χ0) is 44.1. The van der Waals surface area contributed by atoms with Gasteiger partial charge in [-0.25, -0.2) is 9.97 Å². The smallest absolute Gasteiger partial charge is 0.219 e. The van der Waals surface area contributed by atoms with Crippen molar-refractivity contribution in [3.8, 4) is 0 Å². The lowest BCUT2D eigenvalue weighted by Crippen LogP contribution is -2.46. The number of rotatable bonds is 26. The molecule has 2 aliphatic rings. The molecule has 5 rings (SSSR count). The molecule has 0 saturated carbocycles. The maximum atomic E-state index is 13.7. The van der Waals surface area contributed by atoms with Crippen LogP contribution in [0.1, 0.15) is 62.8 Å². The van der Waals surface area contributed by atoms with Crippen LogP contribution in [0.5, 0.6) is 0 Å². The molecular weight excluding hydrogens is 799 g/mol. The highest BCUT2D eigenvalue weighted by molar-refractivity contribution is 6.76. The standard InChI is InChI=1S/C47H81N7O5Si2/c1-40(2)31-50-20-15-46(16-21-50)17-22-51(34-46)32-42-11-13-43(14-12-42)33-54(41(3)55)35-47(36-59-39-56-4,29-44-48-18-23-52(44)37-57-25-27-60(5,6)7)30-45-49-19-24-53(45)38-58-26-28-61(8,9)10/h11-14,18-19,23-24,40H,15-17,20-22,25-39H2,1-10H3. The second-order valence-electron chi connectivity index (χ2n) is 21.3. The Bertz CT molecular complexity index is 1680. The van der Waals surface area contributed by atoms with Crippen molar-refractivity contribution in [3.63, 3.8) is 0 Å². The minimum atomic E-state index is -1.24. The Kier molecular flexibility index (Phi) is 18.4. The molecule has 1 aromatic carbocycles. The number of likely N-dealkylation sites (tertiary alicyclic amines) is 2. The summed E-state index contributed by atoms with van der Waals surface area (Å²) in [4.78, 5) is 30.7. The molecule has 2 saturated heterocycles. The Morgan fingerprint density at radius 2 is 1.33 bits per heavy atom. The van der Waals surface area contributed by atoms with Crippen LogP contribution in [0.15, 0.2) is 49.1 Å². The van der Waals surface area contributed by atoms with Gasteiger partial charge in [0.2, 0.25) is 5.91 Å². The molecule has 2 aromatic heterocycles. The summed E-state index contributed by atoms with van der Waals surface area (Å²) in [7, 11) is -0.835. The summed E-state index contributed by atoms with van der Waals surface area (Å²) in [5.41, 5.74) is 2.30. The molecule has 4 heterocycles. The molecule has 2 aliphatic heterocycles. The van der Waals surface area contributed by atoms with Crippen LogP contribution in [0.25, 0.3) is 0 Å². The highest BCUT2D eigenvalue weighted by Gasteiger charge is 2.41. The quantitative estimate of drug-likeness (QED) is 0.0451. The lowest BCUT2D eigenvalue weighted by Gasteiger charge is -2.40. The van der Waals surface area contributed by atoms with E-state index in [0.29, 0.717) is 51.4 Å². The van der Waals surface area contributed by atoms with Crippen LogP contribution in [-0.4, -0.2) is 129 Å². The lowest BCUT2D eigenvalue weighted by molar-refractivity contribution is -0.133. The van der Waals surface area contributed by atoms with Gasteiger partial charge in [0.25, 0.3) is 0 Å². The molecule has 0 N–H and O–H groups in total. The highest BCUT2D eigenvalue weighted by Crippen LogP contribution is 2.41. The van der Waals surface area contributed by atoms with Crippen LogP contribution in [0.3, 0.4) is 0 Å². The largest absolute Gasteiger partial charge is 0.361 e. The molecular formula is C47H81N7O5Si2. The Hall–Kier alpha value is -2.70. The fourth-order valence-corrected chi connectivity index (χ4v) is 10.4. The van der Waals surface area contributed by atoms with Crippen molar-refractivity contribution in [1.82, 2.24) is 33.8 Å². The molecule has 14 heteroatoms. The van der Waals surface area contributed by atoms with Gasteiger partial charge in [0.1, 0.15) is 31.9 Å². The van der Waals surface area contributed by atoms with E-state index < -0.39 is 21.6 Å². The minimum Gasteiger partial charge on any atom is -0.361 e. The first kappa shape index (κ1) is 49.3. The van der Waals surface area contributed by atoms with Crippen molar-refractivity contribution in [1.29, 1.82) is 0 Å². The molecule has 3 aromatic rings. The summed E-state index contributed by atoms with van der Waals surface area (Å²) in [6, 6.07) is 11.1. The molecule has 0 aliphatic carbocycles. The molecule has 0 bridgehead atoms. The van der Waals surface area contributed by atoms with Crippen molar-refractivity contribution < 1.29 is 23.7 Å². The molecule has 12 nitrogen and oxygen atoms in total. The Morgan fingerprint density at radius 3 is 1.82 bits per heavy atom. The van der Waals surface area contributed by atoms with E-state index in [2.05, 4.69) is 96.3 Å². The summed E-state index contributed by atoms with van der Waals surface area (Å²) < 4.78 is 28.3. The number of nitrogens with zero attached hydrogens (tertiary/aromatic N) is 7. The van der Waals surface area contributed by atoms with Crippen LogP contribution >= 0.6 is 0 Å². The van der Waals surface area contributed by atoms with E-state index in [0.717, 1.165) is 55.0 Å². The van der Waals surface area contributed by atoms with E-state index in [1.54, 1.807) is 14.0 Å². The normalized spacial score (nSPS) is 16.6. The van der Waals surface area contributed by atoms with Crippen molar-refractivity contribution in [3.05, 3.63) is 71.8 Å². The Balaban J connectivity index is 1.33. The van der Waals surface area contributed by atoms with E-state index in [-0.39, 0.29) is 12.7 Å². The van der Waals surface area contributed by atoms with E-state index in [1.165, 1.54) is 57.5 Å². The van der Waals surface area contributed by atoms with Crippen LogP contribution in [0.2, 0.25) is 51.4 Å². The maximum absolute atomic E-state index is 13.7. The van der Waals surface area contributed by atoms with E-state index in [4.69, 9.17) is 28.9 Å². The first-order valence-corrected chi connectivity index (χ1v) is 30.4. The number of benzene rings is 1. The molecule has 61 heavy (non-hydrogen) atoms. The first-order valence-electron chi connectivity index (χ1n) is 22.9. The third-order valence-electron chi connectivity index (χ3n) is 12.6. The predicted molar refractivity (Wildman–Crippen MR) is 251 cm³/mol. The minimum absolute atomic E-state index is 0.0121. The fourth-order valence-electron chi connectivity index (χ4n) is 8.88. The summed E-state index contributed by atoms with van der Waals surface area (Å²) in [6.45, 7) is 31.2. The molecule has 1 amide bonds. The Labute approximate surface area is 370 Å². The lowest BCUT2D eigenvalue weighted by atomic mass is 9.77. The highest BCUT2D eigenvalue weighted by atomic mass is 28.3. The van der Waals surface area contributed by atoms with Crippen LogP contribution in [-0.2, 0) is 63.1 Å². The van der Waals surface area contributed by atoms with Gasteiger partial charge in [-0.3, -0.25) is 9.69 Å². The van der Waals surface area contributed by atoms with Gasteiger partial charge < -0.3 is 37.9 Å². The second kappa shape index (κ2) is 22.8. The van der Waals surface area contributed by atoms with E-state index in [9.17, 15) is 4.79 Å². The summed E-state index contributed by atoms with van der Waals surface area (Å²) in [5, 5.41) is 0. The summed E-state index contributed by atoms with van der Waals surface area (Å²) in [5.74, 6) is 2.51. The van der Waals surface area contributed by atoms with Gasteiger partial charge in [0, 0.05) is 119 Å². The average Bonchev–Trinajstić information content (AvgIpc) is 3.93. The number of carbonyl (C=O) groups is 1. The number of carbonyl (C=O) groups excluding carboxylic acids is 1. The second-order valence-corrected chi connectivity index (χ2v) is 32.5. The fraction of sp³-hybridized carbons (Fsp3) is 0.723. The number of aromatic nitrogens is 4. The topological polar surface area (TPSA) is 99.3 Å². The van der Waals surface area contributed by atoms with Crippen LogP contribution in [0, 0.1) is 16.7 Å². The van der Waals surface area contributed by atoms with Gasteiger partial charge in [0.05, 0.1) is 6.61 Å². The first-order chi connectivity index (χ1) is 28.9. The van der Waals surface area contributed by atoms with Crippen molar-refractivity contribution in [2.75, 3.05) is 73.0 Å². The molecule has 342 valence electrons. The summed E-state index contributed by atoms with van der Waals surface area (Å²) >= 11 is 0. The van der Waals surface area contributed by atoms with E-state index >= 15 is 0 Å². The van der Waals surface area contributed by atoms with Crippen LogP contribution < -0.4 is 0 Å². The van der Waals surface area contributed by atoms with Gasteiger partial charge in [-0.05, 0) is 73.4 Å². The molecule has 2 fully saturated rings. The van der Waals surface area contributed by atoms with E-state index in [1.807, 2.05) is 29.7 Å². The Morgan fingerprint density at radius 1 is 0.803 bits per heavy atom.